The topological polar surface area (TPSA) is 74.3 Å². The molecule has 0 spiro atoms. The van der Waals surface area contributed by atoms with E-state index in [1.807, 2.05) is 42.5 Å². The number of hydrogen-bond acceptors (Lipinski definition) is 6. The largest absolute Gasteiger partial charge is 0.457 e. The number of guanidine groups is 1. The molecule has 1 heterocycles. The zero-order chi connectivity index (χ0) is 25.6. The summed E-state index contributed by atoms with van der Waals surface area (Å²) in [6.07, 6.45) is 12.8. The second-order valence-corrected chi connectivity index (χ2v) is 11.4. The van der Waals surface area contributed by atoms with Crippen LogP contribution in [0, 0.1) is 5.92 Å². The zero-order valence-corrected chi connectivity index (χ0v) is 22.4. The van der Waals surface area contributed by atoms with Gasteiger partial charge in [-0.3, -0.25) is 0 Å². The van der Waals surface area contributed by atoms with Crippen molar-refractivity contribution in [3.63, 3.8) is 0 Å². The highest BCUT2D eigenvalue weighted by Crippen LogP contribution is 2.37. The van der Waals surface area contributed by atoms with Crippen molar-refractivity contribution in [2.45, 2.75) is 95.4 Å². The Morgan fingerprint density at radius 2 is 1.76 bits per heavy atom. The van der Waals surface area contributed by atoms with E-state index in [2.05, 4.69) is 22.9 Å². The second kappa shape index (κ2) is 12.3. The SMILES string of the molecule is CN(CCCC(C1CCC(O)CC1)N1Cc2cc(Oc3ccccc3)ccc2N=C1N)C1CCCCC1. The van der Waals surface area contributed by atoms with Crippen LogP contribution in [0.3, 0.4) is 0 Å². The van der Waals surface area contributed by atoms with Gasteiger partial charge in [-0.15, -0.1) is 0 Å². The number of hydrogen-bond donors (Lipinski definition) is 2. The number of nitrogens with two attached hydrogens (primary N) is 1. The summed E-state index contributed by atoms with van der Waals surface area (Å²) in [5, 5.41) is 10.2. The van der Waals surface area contributed by atoms with Gasteiger partial charge in [0.2, 0.25) is 0 Å². The lowest BCUT2D eigenvalue weighted by molar-refractivity contribution is 0.0750. The molecular formula is C31H44N4O2. The van der Waals surface area contributed by atoms with Crippen LogP contribution in [0.4, 0.5) is 5.69 Å². The molecule has 200 valence electrons. The number of benzene rings is 2. The van der Waals surface area contributed by atoms with Crippen LogP contribution in [-0.4, -0.2) is 52.6 Å². The van der Waals surface area contributed by atoms with Crippen LogP contribution in [-0.2, 0) is 6.54 Å². The Kier molecular flexibility index (Phi) is 8.67. The monoisotopic (exact) mass is 504 g/mol. The van der Waals surface area contributed by atoms with Gasteiger partial charge in [0.25, 0.3) is 0 Å². The summed E-state index contributed by atoms with van der Waals surface area (Å²) in [5.74, 6) is 2.81. The fourth-order valence-electron chi connectivity index (χ4n) is 6.61. The predicted molar refractivity (Wildman–Crippen MR) is 150 cm³/mol. The highest BCUT2D eigenvalue weighted by Gasteiger charge is 2.34. The fourth-order valence-corrected chi connectivity index (χ4v) is 6.61. The summed E-state index contributed by atoms with van der Waals surface area (Å²) < 4.78 is 6.11. The van der Waals surface area contributed by atoms with Crippen molar-refractivity contribution in [2.24, 2.45) is 16.6 Å². The number of aliphatic imine (C=N–C) groups is 1. The van der Waals surface area contributed by atoms with Gasteiger partial charge in [0.05, 0.1) is 11.8 Å². The molecule has 37 heavy (non-hydrogen) atoms. The molecule has 0 aromatic heterocycles. The van der Waals surface area contributed by atoms with E-state index < -0.39 is 0 Å². The zero-order valence-electron chi connectivity index (χ0n) is 22.4. The standard InChI is InChI=1S/C31H44N4O2/c1-34(25-9-4-2-5-10-25)20-8-13-30(23-14-16-26(36)17-15-23)35-22-24-21-28(18-19-29(24)33-31(35)32)37-27-11-6-3-7-12-27/h3,6-7,11-12,18-19,21,23,25-26,30,36H,2,4-5,8-10,13-17,20,22H2,1H3,(H2,32,33). The van der Waals surface area contributed by atoms with Crippen molar-refractivity contribution in [1.29, 1.82) is 0 Å². The third-order valence-corrected chi connectivity index (χ3v) is 8.79. The molecule has 6 heteroatoms. The lowest BCUT2D eigenvalue weighted by Crippen LogP contribution is -2.49. The van der Waals surface area contributed by atoms with Gasteiger partial charge in [0, 0.05) is 24.2 Å². The van der Waals surface area contributed by atoms with Crippen molar-refractivity contribution < 1.29 is 9.84 Å². The summed E-state index contributed by atoms with van der Waals surface area (Å²) in [7, 11) is 2.31. The predicted octanol–water partition coefficient (Wildman–Crippen LogP) is 6.21. The summed E-state index contributed by atoms with van der Waals surface area (Å²) >= 11 is 0. The number of aliphatic hydroxyl groups excluding tert-OH is 1. The number of fused-ring (bicyclic) bond motifs is 1. The maximum Gasteiger partial charge on any atom is 0.197 e. The summed E-state index contributed by atoms with van der Waals surface area (Å²) in [5.41, 5.74) is 8.71. The van der Waals surface area contributed by atoms with E-state index in [1.54, 1.807) is 0 Å². The van der Waals surface area contributed by atoms with E-state index in [0.717, 1.165) is 80.4 Å². The molecule has 1 aliphatic heterocycles. The van der Waals surface area contributed by atoms with Gasteiger partial charge >= 0.3 is 0 Å². The summed E-state index contributed by atoms with van der Waals surface area (Å²) in [6, 6.07) is 17.1. The Hall–Kier alpha value is -2.57. The molecule has 0 bridgehead atoms. The Morgan fingerprint density at radius 3 is 2.51 bits per heavy atom. The fraction of sp³-hybridized carbons (Fsp3) is 0.581. The molecule has 3 N–H and O–H groups in total. The molecule has 3 aliphatic rings. The molecule has 6 nitrogen and oxygen atoms in total. The minimum absolute atomic E-state index is 0.153. The second-order valence-electron chi connectivity index (χ2n) is 11.4. The van der Waals surface area contributed by atoms with Crippen LogP contribution in [0.15, 0.2) is 53.5 Å². The molecule has 5 rings (SSSR count). The smallest absolute Gasteiger partial charge is 0.197 e. The van der Waals surface area contributed by atoms with Crippen molar-refractivity contribution in [3.05, 3.63) is 54.1 Å². The first-order chi connectivity index (χ1) is 18.1. The van der Waals surface area contributed by atoms with Gasteiger partial charge in [-0.1, -0.05) is 37.5 Å². The van der Waals surface area contributed by atoms with E-state index in [-0.39, 0.29) is 6.10 Å². The van der Waals surface area contributed by atoms with Gasteiger partial charge < -0.3 is 25.4 Å². The molecule has 2 aromatic carbocycles. The highest BCUT2D eigenvalue weighted by molar-refractivity contribution is 5.84. The molecule has 0 amide bonds. The molecule has 2 aromatic rings. The van der Waals surface area contributed by atoms with Gasteiger partial charge in [-0.05, 0) is 101 Å². The lowest BCUT2D eigenvalue weighted by Gasteiger charge is -2.42. The summed E-state index contributed by atoms with van der Waals surface area (Å²) in [6.45, 7) is 1.88. The third-order valence-electron chi connectivity index (χ3n) is 8.79. The van der Waals surface area contributed by atoms with Crippen LogP contribution in [0.2, 0.25) is 0 Å². The van der Waals surface area contributed by atoms with Crippen LogP contribution in [0.1, 0.15) is 76.2 Å². The van der Waals surface area contributed by atoms with Gasteiger partial charge in [0.1, 0.15) is 11.5 Å². The summed E-state index contributed by atoms with van der Waals surface area (Å²) in [4.78, 5) is 9.77. The molecule has 0 saturated heterocycles. The maximum atomic E-state index is 10.2. The molecule has 2 aliphatic carbocycles. The van der Waals surface area contributed by atoms with Crippen LogP contribution in [0.5, 0.6) is 11.5 Å². The molecule has 2 fully saturated rings. The minimum atomic E-state index is -0.153. The van der Waals surface area contributed by atoms with E-state index in [4.69, 9.17) is 15.5 Å². The first kappa shape index (κ1) is 26.1. The maximum absolute atomic E-state index is 10.2. The van der Waals surface area contributed by atoms with Crippen molar-refractivity contribution in [3.8, 4) is 11.5 Å². The average molecular weight is 505 g/mol. The Bertz CT molecular complexity index is 1030. The number of ether oxygens (including phenoxy) is 1. The highest BCUT2D eigenvalue weighted by atomic mass is 16.5. The van der Waals surface area contributed by atoms with Gasteiger partial charge in [-0.25, -0.2) is 4.99 Å². The molecule has 1 unspecified atom stereocenters. The third kappa shape index (κ3) is 6.66. The number of nitrogens with zero attached hydrogens (tertiary/aromatic N) is 3. The van der Waals surface area contributed by atoms with Crippen molar-refractivity contribution in [1.82, 2.24) is 9.80 Å². The van der Waals surface area contributed by atoms with Crippen LogP contribution in [0.25, 0.3) is 0 Å². The molecule has 1 atom stereocenters. The molecular weight excluding hydrogens is 460 g/mol. The minimum Gasteiger partial charge on any atom is -0.457 e. The van der Waals surface area contributed by atoms with Crippen molar-refractivity contribution >= 4 is 11.6 Å². The van der Waals surface area contributed by atoms with Gasteiger partial charge in [0.15, 0.2) is 5.96 Å². The number of para-hydroxylation sites is 1. The number of aliphatic hydroxyl groups is 1. The van der Waals surface area contributed by atoms with E-state index in [9.17, 15) is 5.11 Å². The van der Waals surface area contributed by atoms with Crippen molar-refractivity contribution in [2.75, 3.05) is 13.6 Å². The molecule has 0 radical (unpaired) electrons. The first-order valence-electron chi connectivity index (χ1n) is 14.4. The Balaban J connectivity index is 1.29. The average Bonchev–Trinajstić information content (AvgIpc) is 2.93. The normalized spacial score (nSPS) is 23.4. The van der Waals surface area contributed by atoms with E-state index in [0.29, 0.717) is 17.9 Å². The lowest BCUT2D eigenvalue weighted by atomic mass is 9.80. The first-order valence-corrected chi connectivity index (χ1v) is 14.4. The van der Waals surface area contributed by atoms with E-state index >= 15 is 0 Å². The Morgan fingerprint density at radius 1 is 1.00 bits per heavy atom. The van der Waals surface area contributed by atoms with Gasteiger partial charge in [-0.2, -0.15) is 0 Å². The van der Waals surface area contributed by atoms with Crippen LogP contribution >= 0.6 is 0 Å². The van der Waals surface area contributed by atoms with E-state index in [1.165, 1.54) is 32.1 Å². The number of rotatable bonds is 9. The Labute approximate surface area is 222 Å². The molecule has 2 saturated carbocycles. The van der Waals surface area contributed by atoms with Crippen LogP contribution < -0.4 is 10.5 Å². The quantitative estimate of drug-likeness (QED) is 0.425.